The number of esters is 1. The summed E-state index contributed by atoms with van der Waals surface area (Å²) in [6, 6.07) is 0. The fraction of sp³-hybridized carbons (Fsp3) is 0.962. The fourth-order valence-electron chi connectivity index (χ4n) is 5.55. The van der Waals surface area contributed by atoms with Gasteiger partial charge in [0.25, 0.3) is 0 Å². The van der Waals surface area contributed by atoms with E-state index in [1.165, 1.54) is 103 Å². The Bertz CT molecular complexity index is 403. The lowest BCUT2D eigenvalue weighted by Gasteiger charge is -2.32. The van der Waals surface area contributed by atoms with Crippen molar-refractivity contribution in [2.24, 2.45) is 29.6 Å². The minimum atomic E-state index is 0.0829. The van der Waals surface area contributed by atoms with Gasteiger partial charge in [0.1, 0.15) is 0 Å². The Balaban J connectivity index is 1.58. The van der Waals surface area contributed by atoms with Crippen LogP contribution in [0.4, 0.5) is 0 Å². The molecule has 164 valence electrons. The minimum Gasteiger partial charge on any atom is -0.465 e. The van der Waals surface area contributed by atoms with Gasteiger partial charge in [0.05, 0.1) is 12.5 Å². The minimum absolute atomic E-state index is 0.0829. The van der Waals surface area contributed by atoms with Crippen LogP contribution >= 0.6 is 0 Å². The van der Waals surface area contributed by atoms with Crippen molar-refractivity contribution in [2.45, 2.75) is 124 Å². The van der Waals surface area contributed by atoms with Crippen molar-refractivity contribution in [3.8, 4) is 0 Å². The summed E-state index contributed by atoms with van der Waals surface area (Å²) >= 11 is 0. The average Bonchev–Trinajstić information content (AvgIpc) is 2.73. The summed E-state index contributed by atoms with van der Waals surface area (Å²) in [6.07, 6.45) is 21.4. The molecule has 0 aromatic carbocycles. The molecule has 2 heteroatoms. The van der Waals surface area contributed by atoms with Crippen molar-refractivity contribution in [3.05, 3.63) is 0 Å². The van der Waals surface area contributed by atoms with Crippen LogP contribution in [0.2, 0.25) is 0 Å². The van der Waals surface area contributed by atoms with Crippen molar-refractivity contribution in [1.29, 1.82) is 0 Å². The van der Waals surface area contributed by atoms with Gasteiger partial charge in [0.2, 0.25) is 0 Å². The van der Waals surface area contributed by atoms with Crippen molar-refractivity contribution in [3.63, 3.8) is 0 Å². The summed E-state index contributed by atoms with van der Waals surface area (Å²) in [4.78, 5) is 12.6. The van der Waals surface area contributed by atoms with Crippen LogP contribution in [0, 0.1) is 29.6 Å². The summed E-state index contributed by atoms with van der Waals surface area (Å²) in [7, 11) is 0. The first kappa shape index (κ1) is 23.7. The van der Waals surface area contributed by atoms with Crippen molar-refractivity contribution < 1.29 is 9.53 Å². The molecule has 2 saturated carbocycles. The highest BCUT2D eigenvalue weighted by molar-refractivity contribution is 5.72. The third-order valence-corrected chi connectivity index (χ3v) is 7.83. The molecule has 28 heavy (non-hydrogen) atoms. The topological polar surface area (TPSA) is 26.3 Å². The van der Waals surface area contributed by atoms with Gasteiger partial charge in [-0.1, -0.05) is 97.8 Å². The maximum atomic E-state index is 12.6. The molecule has 0 amide bonds. The molecule has 0 radical (unpaired) electrons. The van der Waals surface area contributed by atoms with Gasteiger partial charge < -0.3 is 4.74 Å². The highest BCUT2D eigenvalue weighted by Gasteiger charge is 2.30. The number of carbonyl (C=O) groups excluding carboxylic acids is 1. The highest BCUT2D eigenvalue weighted by atomic mass is 16.5. The molecule has 2 aliphatic rings. The monoisotopic (exact) mass is 392 g/mol. The van der Waals surface area contributed by atoms with E-state index in [0.717, 1.165) is 11.8 Å². The molecule has 0 heterocycles. The predicted molar refractivity (Wildman–Crippen MR) is 119 cm³/mol. The lowest BCUT2D eigenvalue weighted by atomic mass is 9.75. The third-order valence-electron chi connectivity index (χ3n) is 7.83. The highest BCUT2D eigenvalue weighted by Crippen LogP contribution is 2.37. The Morgan fingerprint density at radius 3 is 1.71 bits per heavy atom. The molecular weight excluding hydrogens is 344 g/mol. The number of hydrogen-bond acceptors (Lipinski definition) is 2. The van der Waals surface area contributed by atoms with Crippen LogP contribution in [-0.4, -0.2) is 12.6 Å². The van der Waals surface area contributed by atoms with Crippen molar-refractivity contribution in [1.82, 2.24) is 0 Å². The molecule has 0 aliphatic heterocycles. The van der Waals surface area contributed by atoms with E-state index < -0.39 is 0 Å². The largest absolute Gasteiger partial charge is 0.465 e. The van der Waals surface area contributed by atoms with Gasteiger partial charge in [-0.15, -0.1) is 0 Å². The number of ether oxygens (including phenoxy) is 1. The van der Waals surface area contributed by atoms with Gasteiger partial charge in [0, 0.05) is 0 Å². The van der Waals surface area contributed by atoms with E-state index in [1.54, 1.807) is 0 Å². The molecule has 0 saturated heterocycles. The molecule has 2 nitrogen and oxygen atoms in total. The van der Waals surface area contributed by atoms with Gasteiger partial charge in [-0.05, 0) is 49.4 Å². The Hall–Kier alpha value is -0.530. The molecule has 2 rings (SSSR count). The second-order valence-electron chi connectivity index (χ2n) is 10.1. The molecular formula is C26H48O2. The lowest BCUT2D eigenvalue weighted by Crippen LogP contribution is -2.29. The van der Waals surface area contributed by atoms with E-state index in [1.807, 2.05) is 0 Å². The fourth-order valence-corrected chi connectivity index (χ4v) is 5.55. The van der Waals surface area contributed by atoms with Gasteiger partial charge in [-0.25, -0.2) is 0 Å². The van der Waals surface area contributed by atoms with E-state index >= 15 is 0 Å². The van der Waals surface area contributed by atoms with Crippen LogP contribution < -0.4 is 0 Å². The second kappa shape index (κ2) is 13.6. The van der Waals surface area contributed by atoms with Crippen LogP contribution in [0.25, 0.3) is 0 Å². The zero-order chi connectivity index (χ0) is 20.2. The van der Waals surface area contributed by atoms with Crippen molar-refractivity contribution in [2.75, 3.05) is 6.61 Å². The van der Waals surface area contributed by atoms with Gasteiger partial charge in [-0.3, -0.25) is 4.79 Å². The smallest absolute Gasteiger partial charge is 0.308 e. The maximum Gasteiger partial charge on any atom is 0.308 e. The maximum absolute atomic E-state index is 12.6. The summed E-state index contributed by atoms with van der Waals surface area (Å²) in [5.41, 5.74) is 0. The molecule has 0 N–H and O–H groups in total. The Morgan fingerprint density at radius 1 is 0.750 bits per heavy atom. The first-order valence-electron chi connectivity index (χ1n) is 12.8. The Kier molecular flexibility index (Phi) is 11.6. The van der Waals surface area contributed by atoms with E-state index in [9.17, 15) is 4.79 Å². The van der Waals surface area contributed by atoms with Crippen LogP contribution in [-0.2, 0) is 9.53 Å². The van der Waals surface area contributed by atoms with E-state index in [2.05, 4.69) is 20.8 Å². The third kappa shape index (κ3) is 8.46. The predicted octanol–water partition coefficient (Wildman–Crippen LogP) is 7.94. The molecule has 2 fully saturated rings. The first-order valence-corrected chi connectivity index (χ1v) is 12.8. The summed E-state index contributed by atoms with van der Waals surface area (Å²) in [5, 5.41) is 0. The second-order valence-corrected chi connectivity index (χ2v) is 10.1. The number of rotatable bonds is 12. The Morgan fingerprint density at radius 2 is 1.21 bits per heavy atom. The van der Waals surface area contributed by atoms with E-state index in [4.69, 9.17) is 4.74 Å². The van der Waals surface area contributed by atoms with E-state index in [0.29, 0.717) is 18.4 Å². The summed E-state index contributed by atoms with van der Waals surface area (Å²) in [6.45, 7) is 7.36. The standard InChI is InChI=1S/C26H48O2/c1-4-6-8-10-22-12-14-24(15-13-22)20-28-26(27)21(3)25-18-16-23(17-19-25)11-9-7-5-2/h21-25H,4-20H2,1-3H3/t21?,22-,23-,24-,25-. The Labute approximate surface area is 175 Å². The quantitative estimate of drug-likeness (QED) is 0.249. The van der Waals surface area contributed by atoms with Gasteiger partial charge in [0.15, 0.2) is 0 Å². The van der Waals surface area contributed by atoms with Crippen LogP contribution in [0.1, 0.15) is 124 Å². The zero-order valence-electron chi connectivity index (χ0n) is 19.2. The molecule has 0 bridgehead atoms. The summed E-state index contributed by atoms with van der Waals surface area (Å²) < 4.78 is 5.80. The molecule has 0 aromatic rings. The molecule has 0 aromatic heterocycles. The van der Waals surface area contributed by atoms with Crippen LogP contribution in [0.5, 0.6) is 0 Å². The normalized spacial score (nSPS) is 29.4. The number of unbranched alkanes of at least 4 members (excludes halogenated alkanes) is 4. The van der Waals surface area contributed by atoms with Gasteiger partial charge >= 0.3 is 5.97 Å². The van der Waals surface area contributed by atoms with Crippen molar-refractivity contribution >= 4 is 5.97 Å². The van der Waals surface area contributed by atoms with Crippen LogP contribution in [0.3, 0.4) is 0 Å². The zero-order valence-corrected chi connectivity index (χ0v) is 19.2. The van der Waals surface area contributed by atoms with Gasteiger partial charge in [-0.2, -0.15) is 0 Å². The van der Waals surface area contributed by atoms with E-state index in [-0.39, 0.29) is 11.9 Å². The average molecular weight is 393 g/mol. The molecule has 0 spiro atoms. The summed E-state index contributed by atoms with van der Waals surface area (Å²) in [5.74, 6) is 3.21. The molecule has 2 aliphatic carbocycles. The SMILES string of the molecule is CCCCC[C@H]1CC[C@H](COC(=O)C(C)[C@H]2CC[C@H](CCCCC)CC2)CC1. The number of carbonyl (C=O) groups is 1. The number of hydrogen-bond donors (Lipinski definition) is 0. The van der Waals surface area contributed by atoms with Crippen LogP contribution in [0.15, 0.2) is 0 Å². The lowest BCUT2D eigenvalue weighted by molar-refractivity contribution is -0.152. The molecule has 1 atom stereocenters. The first-order chi connectivity index (χ1) is 13.6. The molecule has 1 unspecified atom stereocenters.